The Morgan fingerprint density at radius 3 is 2.67 bits per heavy atom. The van der Waals surface area contributed by atoms with Crippen LogP contribution in [0, 0.1) is 10.1 Å². The Kier molecular flexibility index (Phi) is 6.21. The third-order valence-electron chi connectivity index (χ3n) is 5.68. The third-order valence-corrected chi connectivity index (χ3v) is 5.68. The van der Waals surface area contributed by atoms with E-state index >= 15 is 0 Å². The number of amides is 1. The number of hydrogen-bond acceptors (Lipinski definition) is 7. The molecule has 33 heavy (non-hydrogen) atoms. The van der Waals surface area contributed by atoms with E-state index in [4.69, 9.17) is 14.5 Å². The van der Waals surface area contributed by atoms with Crippen LogP contribution in [0.3, 0.4) is 0 Å². The van der Waals surface area contributed by atoms with Crippen LogP contribution in [0.4, 0.5) is 11.4 Å². The van der Waals surface area contributed by atoms with E-state index in [1.807, 2.05) is 24.3 Å². The SMILES string of the molecule is COc1ccc([N+](=O)[O-])cc1NC(=O)[C@@H](C)OC(=O)c1c2c(nc3ccccc13)CCCC2. The van der Waals surface area contributed by atoms with Gasteiger partial charge >= 0.3 is 5.97 Å². The minimum absolute atomic E-state index is 0.117. The highest BCUT2D eigenvalue weighted by Crippen LogP contribution is 2.31. The number of anilines is 1. The minimum Gasteiger partial charge on any atom is -0.495 e. The summed E-state index contributed by atoms with van der Waals surface area (Å²) in [7, 11) is 1.39. The van der Waals surface area contributed by atoms with Crippen molar-refractivity contribution in [3.05, 3.63) is 69.4 Å². The van der Waals surface area contributed by atoms with E-state index in [2.05, 4.69) is 5.32 Å². The van der Waals surface area contributed by atoms with Crippen molar-refractivity contribution >= 4 is 34.2 Å². The van der Waals surface area contributed by atoms with Crippen molar-refractivity contribution < 1.29 is 24.0 Å². The maximum Gasteiger partial charge on any atom is 0.339 e. The van der Waals surface area contributed by atoms with Crippen LogP contribution in [0.2, 0.25) is 0 Å². The van der Waals surface area contributed by atoms with Gasteiger partial charge in [-0.1, -0.05) is 18.2 Å². The first-order valence-electron chi connectivity index (χ1n) is 10.6. The molecular formula is C24H23N3O6. The van der Waals surface area contributed by atoms with Crippen molar-refractivity contribution in [2.45, 2.75) is 38.7 Å². The van der Waals surface area contributed by atoms with Crippen molar-refractivity contribution in [3.63, 3.8) is 0 Å². The fraction of sp³-hybridized carbons (Fsp3) is 0.292. The number of methoxy groups -OCH3 is 1. The van der Waals surface area contributed by atoms with Crippen LogP contribution in [0.1, 0.15) is 41.4 Å². The van der Waals surface area contributed by atoms with Crippen LogP contribution in [0.25, 0.3) is 10.9 Å². The molecule has 4 rings (SSSR count). The van der Waals surface area contributed by atoms with Crippen LogP contribution < -0.4 is 10.1 Å². The smallest absolute Gasteiger partial charge is 0.339 e. The molecule has 0 fully saturated rings. The number of nitro groups is 1. The zero-order valence-electron chi connectivity index (χ0n) is 18.3. The van der Waals surface area contributed by atoms with Gasteiger partial charge in [-0.2, -0.15) is 0 Å². The molecule has 3 aromatic rings. The van der Waals surface area contributed by atoms with Gasteiger partial charge in [-0.05, 0) is 50.3 Å². The zero-order valence-corrected chi connectivity index (χ0v) is 18.3. The monoisotopic (exact) mass is 449 g/mol. The van der Waals surface area contributed by atoms with Crippen molar-refractivity contribution in [3.8, 4) is 5.75 Å². The molecule has 0 spiro atoms. The molecule has 0 aliphatic heterocycles. The molecular weight excluding hydrogens is 426 g/mol. The lowest BCUT2D eigenvalue weighted by Crippen LogP contribution is -2.30. The van der Waals surface area contributed by atoms with Crippen LogP contribution in [0.15, 0.2) is 42.5 Å². The van der Waals surface area contributed by atoms with Gasteiger partial charge in [0.15, 0.2) is 6.10 Å². The van der Waals surface area contributed by atoms with Gasteiger partial charge in [-0.25, -0.2) is 4.79 Å². The van der Waals surface area contributed by atoms with E-state index in [1.54, 1.807) is 0 Å². The van der Waals surface area contributed by atoms with E-state index < -0.39 is 22.9 Å². The van der Waals surface area contributed by atoms with Gasteiger partial charge in [0, 0.05) is 23.2 Å². The fourth-order valence-electron chi connectivity index (χ4n) is 4.02. The number of esters is 1. The van der Waals surface area contributed by atoms with E-state index in [-0.39, 0.29) is 17.1 Å². The van der Waals surface area contributed by atoms with Crippen LogP contribution >= 0.6 is 0 Å². The standard InChI is InChI=1S/C24H23N3O6/c1-14(23(28)26-20-13-15(27(30)31)11-12-21(20)32-2)33-24(29)22-16-7-3-5-9-18(16)25-19-10-6-4-8-17(19)22/h3,5,7,9,11-14H,4,6,8,10H2,1-2H3,(H,26,28)/t14-/m1/s1. The van der Waals surface area contributed by atoms with Gasteiger partial charge in [0.2, 0.25) is 0 Å². The molecule has 2 aromatic carbocycles. The lowest BCUT2D eigenvalue weighted by atomic mass is 9.90. The van der Waals surface area contributed by atoms with Gasteiger partial charge in [-0.15, -0.1) is 0 Å². The van der Waals surface area contributed by atoms with Crippen LogP contribution in [-0.2, 0) is 22.4 Å². The molecule has 9 heteroatoms. The number of nitrogens with zero attached hydrogens (tertiary/aromatic N) is 2. The molecule has 1 aromatic heterocycles. The van der Waals surface area contributed by atoms with Crippen molar-refractivity contribution in [2.24, 2.45) is 0 Å². The minimum atomic E-state index is -1.15. The molecule has 0 radical (unpaired) electrons. The molecule has 170 valence electrons. The third kappa shape index (κ3) is 4.48. The number of benzene rings is 2. The highest BCUT2D eigenvalue weighted by Gasteiger charge is 2.27. The summed E-state index contributed by atoms with van der Waals surface area (Å²) in [5, 5.41) is 14.3. The van der Waals surface area contributed by atoms with Crippen molar-refractivity contribution in [1.29, 1.82) is 0 Å². The number of aromatic nitrogens is 1. The van der Waals surface area contributed by atoms with Gasteiger partial charge in [0.25, 0.3) is 11.6 Å². The topological polar surface area (TPSA) is 121 Å². The number of rotatable bonds is 6. The molecule has 0 saturated carbocycles. The Labute approximate surface area is 189 Å². The second kappa shape index (κ2) is 9.23. The second-order valence-electron chi connectivity index (χ2n) is 7.81. The predicted octanol–water partition coefficient (Wildman–Crippen LogP) is 4.21. The maximum atomic E-state index is 13.2. The molecule has 1 heterocycles. The normalized spacial score (nSPS) is 13.6. The first kappa shape index (κ1) is 22.2. The number of nitro benzene ring substituents is 1. The van der Waals surface area contributed by atoms with E-state index in [1.165, 1.54) is 32.2 Å². The average Bonchev–Trinajstić information content (AvgIpc) is 2.82. The van der Waals surface area contributed by atoms with E-state index in [0.29, 0.717) is 16.5 Å². The Morgan fingerprint density at radius 2 is 1.91 bits per heavy atom. The summed E-state index contributed by atoms with van der Waals surface area (Å²) in [5.41, 5.74) is 2.84. The van der Waals surface area contributed by atoms with E-state index in [0.717, 1.165) is 36.9 Å². The lowest BCUT2D eigenvalue weighted by Gasteiger charge is -2.21. The molecule has 0 unspecified atom stereocenters. The Morgan fingerprint density at radius 1 is 1.15 bits per heavy atom. The summed E-state index contributed by atoms with van der Waals surface area (Å²) < 4.78 is 10.7. The number of para-hydroxylation sites is 1. The average molecular weight is 449 g/mol. The summed E-state index contributed by atoms with van der Waals surface area (Å²) in [4.78, 5) is 41.2. The van der Waals surface area contributed by atoms with Gasteiger partial charge in [-0.3, -0.25) is 19.9 Å². The molecule has 1 amide bonds. The Hall–Kier alpha value is -4.01. The van der Waals surface area contributed by atoms with Crippen molar-refractivity contribution in [1.82, 2.24) is 4.98 Å². The number of aryl methyl sites for hydroxylation is 1. The molecule has 1 atom stereocenters. The molecule has 9 nitrogen and oxygen atoms in total. The highest BCUT2D eigenvalue weighted by molar-refractivity contribution is 6.06. The lowest BCUT2D eigenvalue weighted by molar-refractivity contribution is -0.384. The quantitative estimate of drug-likeness (QED) is 0.340. The number of carbonyl (C=O) groups excluding carboxylic acids is 2. The number of non-ortho nitro benzene ring substituents is 1. The Balaban J connectivity index is 1.59. The summed E-state index contributed by atoms with van der Waals surface area (Å²) in [6, 6.07) is 11.2. The summed E-state index contributed by atoms with van der Waals surface area (Å²) in [6.07, 6.45) is 2.34. The second-order valence-corrected chi connectivity index (χ2v) is 7.81. The summed E-state index contributed by atoms with van der Waals surface area (Å²) >= 11 is 0. The summed E-state index contributed by atoms with van der Waals surface area (Å²) in [5.74, 6) is -0.976. The van der Waals surface area contributed by atoms with Crippen molar-refractivity contribution in [2.75, 3.05) is 12.4 Å². The molecule has 1 aliphatic rings. The van der Waals surface area contributed by atoms with Gasteiger partial charge < -0.3 is 14.8 Å². The number of pyridine rings is 1. The maximum absolute atomic E-state index is 13.2. The van der Waals surface area contributed by atoms with Gasteiger partial charge in [0.1, 0.15) is 5.75 Å². The number of hydrogen-bond donors (Lipinski definition) is 1. The molecule has 0 saturated heterocycles. The molecule has 1 N–H and O–H groups in total. The first-order valence-corrected chi connectivity index (χ1v) is 10.6. The number of fused-ring (bicyclic) bond motifs is 2. The Bertz CT molecular complexity index is 1260. The number of nitrogens with one attached hydrogen (secondary N) is 1. The largest absolute Gasteiger partial charge is 0.495 e. The predicted molar refractivity (Wildman–Crippen MR) is 122 cm³/mol. The zero-order chi connectivity index (χ0) is 23.5. The van der Waals surface area contributed by atoms with E-state index in [9.17, 15) is 19.7 Å². The van der Waals surface area contributed by atoms with Crippen LogP contribution in [-0.4, -0.2) is 35.0 Å². The highest BCUT2D eigenvalue weighted by atomic mass is 16.6. The van der Waals surface area contributed by atoms with Gasteiger partial charge in [0.05, 0.1) is 28.8 Å². The number of ether oxygens (including phenoxy) is 2. The molecule has 0 bridgehead atoms. The fourth-order valence-corrected chi connectivity index (χ4v) is 4.02. The number of carbonyl (C=O) groups is 2. The summed E-state index contributed by atoms with van der Waals surface area (Å²) in [6.45, 7) is 1.45. The molecule has 1 aliphatic carbocycles. The van der Waals surface area contributed by atoms with Crippen LogP contribution in [0.5, 0.6) is 5.75 Å². The first-order chi connectivity index (χ1) is 15.9.